The highest BCUT2D eigenvalue weighted by Gasteiger charge is 2.29. The lowest BCUT2D eigenvalue weighted by molar-refractivity contribution is -0.384. The second kappa shape index (κ2) is 8.89. The van der Waals surface area contributed by atoms with Crippen LogP contribution in [0, 0.1) is 16.0 Å². The Balaban J connectivity index is 2.54. The smallest absolute Gasteiger partial charge is 0.357 e. The van der Waals surface area contributed by atoms with E-state index in [-0.39, 0.29) is 41.4 Å². The summed E-state index contributed by atoms with van der Waals surface area (Å²) in [6, 6.07) is 5.49. The van der Waals surface area contributed by atoms with Crippen LogP contribution in [0.3, 0.4) is 0 Å². The molecule has 2 aromatic rings. The van der Waals surface area contributed by atoms with Crippen LogP contribution in [0.2, 0.25) is 0 Å². The van der Waals surface area contributed by atoms with Crippen molar-refractivity contribution in [3.8, 4) is 11.1 Å². The third kappa shape index (κ3) is 4.58. The molecule has 148 valence electrons. The van der Waals surface area contributed by atoms with Crippen LogP contribution in [0.25, 0.3) is 11.1 Å². The quantitative estimate of drug-likeness (QED) is 0.314. The summed E-state index contributed by atoms with van der Waals surface area (Å²) in [7, 11) is 0. The van der Waals surface area contributed by atoms with Gasteiger partial charge in [0.25, 0.3) is 5.69 Å². The van der Waals surface area contributed by atoms with E-state index in [2.05, 4.69) is 10.2 Å². The SMILES string of the molecule is CCOC(=O)c1[nH]nc(C(=O)C(C)COC(C)=O)c1-c1cccc([N+](=O)[O-])c1. The van der Waals surface area contributed by atoms with Crippen molar-refractivity contribution in [1.82, 2.24) is 10.2 Å². The molecule has 0 saturated carbocycles. The van der Waals surface area contributed by atoms with E-state index in [1.165, 1.54) is 31.2 Å². The van der Waals surface area contributed by atoms with Crippen molar-refractivity contribution in [2.24, 2.45) is 5.92 Å². The fraction of sp³-hybridized carbons (Fsp3) is 0.333. The molecule has 10 nitrogen and oxygen atoms in total. The number of carbonyl (C=O) groups is 3. The molecule has 0 spiro atoms. The molecule has 10 heteroatoms. The summed E-state index contributed by atoms with van der Waals surface area (Å²) in [6.45, 7) is 4.32. The molecule has 2 rings (SSSR count). The monoisotopic (exact) mass is 389 g/mol. The van der Waals surface area contributed by atoms with E-state index in [9.17, 15) is 24.5 Å². The summed E-state index contributed by atoms with van der Waals surface area (Å²) in [6.07, 6.45) is 0. The lowest BCUT2D eigenvalue weighted by Gasteiger charge is -2.11. The zero-order valence-electron chi connectivity index (χ0n) is 15.6. The second-order valence-corrected chi connectivity index (χ2v) is 5.92. The Morgan fingerprint density at radius 3 is 2.61 bits per heavy atom. The van der Waals surface area contributed by atoms with Gasteiger partial charge in [-0.2, -0.15) is 5.10 Å². The van der Waals surface area contributed by atoms with Gasteiger partial charge in [0, 0.05) is 24.6 Å². The summed E-state index contributed by atoms with van der Waals surface area (Å²) in [5, 5.41) is 17.5. The van der Waals surface area contributed by atoms with Gasteiger partial charge in [-0.05, 0) is 12.5 Å². The first kappa shape index (κ1) is 20.7. The van der Waals surface area contributed by atoms with Crippen LogP contribution in [-0.2, 0) is 14.3 Å². The Hall–Kier alpha value is -3.56. The number of carbonyl (C=O) groups excluding carboxylic acids is 3. The second-order valence-electron chi connectivity index (χ2n) is 5.92. The van der Waals surface area contributed by atoms with Crippen molar-refractivity contribution >= 4 is 23.4 Å². The number of hydrogen-bond acceptors (Lipinski definition) is 8. The lowest BCUT2D eigenvalue weighted by Crippen LogP contribution is -2.20. The lowest BCUT2D eigenvalue weighted by atomic mass is 9.96. The Morgan fingerprint density at radius 2 is 2.00 bits per heavy atom. The van der Waals surface area contributed by atoms with E-state index in [0.29, 0.717) is 0 Å². The molecule has 1 unspecified atom stereocenters. The largest absolute Gasteiger partial charge is 0.465 e. The van der Waals surface area contributed by atoms with E-state index in [1.54, 1.807) is 13.8 Å². The fourth-order valence-corrected chi connectivity index (χ4v) is 2.48. The molecule has 0 aliphatic heterocycles. The number of Topliss-reactive ketones (excluding diaryl/α,β-unsaturated/α-hetero) is 1. The number of non-ortho nitro benzene ring substituents is 1. The molecule has 1 atom stereocenters. The minimum atomic E-state index is -0.747. The van der Waals surface area contributed by atoms with Gasteiger partial charge in [0.2, 0.25) is 0 Å². The summed E-state index contributed by atoms with van der Waals surface area (Å²) in [5.74, 6) is -2.51. The van der Waals surface area contributed by atoms with Crippen molar-refractivity contribution in [1.29, 1.82) is 0 Å². The van der Waals surface area contributed by atoms with Gasteiger partial charge in [0.05, 0.1) is 17.4 Å². The Labute approximate surface area is 160 Å². The van der Waals surface area contributed by atoms with Gasteiger partial charge in [-0.1, -0.05) is 19.1 Å². The molecular weight excluding hydrogens is 370 g/mol. The number of hydrogen-bond donors (Lipinski definition) is 1. The fourth-order valence-electron chi connectivity index (χ4n) is 2.48. The molecule has 28 heavy (non-hydrogen) atoms. The highest BCUT2D eigenvalue weighted by Crippen LogP contribution is 2.31. The number of nitrogens with one attached hydrogen (secondary N) is 1. The van der Waals surface area contributed by atoms with Gasteiger partial charge in [-0.25, -0.2) is 4.79 Å². The molecule has 0 amide bonds. The molecule has 1 N–H and O–H groups in total. The molecular formula is C18H19N3O7. The number of H-pyrrole nitrogens is 1. The first-order chi connectivity index (χ1) is 13.3. The summed E-state index contributed by atoms with van der Waals surface area (Å²) in [4.78, 5) is 46.6. The Bertz CT molecular complexity index is 920. The number of aromatic nitrogens is 2. The van der Waals surface area contributed by atoms with Crippen molar-refractivity contribution in [3.63, 3.8) is 0 Å². The number of ether oxygens (including phenoxy) is 2. The van der Waals surface area contributed by atoms with Crippen molar-refractivity contribution in [3.05, 3.63) is 45.8 Å². The molecule has 0 bridgehead atoms. The summed E-state index contributed by atoms with van der Waals surface area (Å²) in [5.41, 5.74) is -0.0377. The molecule has 0 radical (unpaired) electrons. The predicted octanol–water partition coefficient (Wildman–Crippen LogP) is 2.54. The molecule has 0 aliphatic rings. The van der Waals surface area contributed by atoms with Gasteiger partial charge in [0.1, 0.15) is 12.3 Å². The van der Waals surface area contributed by atoms with Crippen LogP contribution in [-0.4, -0.2) is 46.1 Å². The third-order valence-corrected chi connectivity index (χ3v) is 3.81. The number of benzene rings is 1. The van der Waals surface area contributed by atoms with E-state index in [4.69, 9.17) is 9.47 Å². The highest BCUT2D eigenvalue weighted by atomic mass is 16.6. The zero-order chi connectivity index (χ0) is 20.8. The van der Waals surface area contributed by atoms with Crippen molar-refractivity contribution < 1.29 is 28.8 Å². The van der Waals surface area contributed by atoms with Gasteiger partial charge >= 0.3 is 11.9 Å². The average Bonchev–Trinajstić information content (AvgIpc) is 3.10. The highest BCUT2D eigenvalue weighted by molar-refractivity contribution is 6.07. The molecule has 0 saturated heterocycles. The molecule has 1 heterocycles. The van der Waals surface area contributed by atoms with E-state index in [1.807, 2.05) is 0 Å². The standard InChI is InChI=1S/C18H19N3O7/c1-4-27-18(24)16-14(12-6-5-7-13(8-12)21(25)26)15(19-20-16)17(23)10(2)9-28-11(3)22/h5-8,10H,4,9H2,1-3H3,(H,19,20). The topological polar surface area (TPSA) is 141 Å². The third-order valence-electron chi connectivity index (χ3n) is 3.81. The van der Waals surface area contributed by atoms with E-state index in [0.717, 1.165) is 0 Å². The van der Waals surface area contributed by atoms with Crippen LogP contribution >= 0.6 is 0 Å². The van der Waals surface area contributed by atoms with Crippen LogP contribution in [0.4, 0.5) is 5.69 Å². The van der Waals surface area contributed by atoms with Crippen molar-refractivity contribution in [2.75, 3.05) is 13.2 Å². The van der Waals surface area contributed by atoms with Crippen LogP contribution < -0.4 is 0 Å². The number of nitrogens with zero attached hydrogens (tertiary/aromatic N) is 2. The van der Waals surface area contributed by atoms with Crippen molar-refractivity contribution in [2.45, 2.75) is 20.8 Å². The number of aromatic amines is 1. The molecule has 0 aliphatic carbocycles. The van der Waals surface area contributed by atoms with Gasteiger partial charge in [-0.15, -0.1) is 0 Å². The normalized spacial score (nSPS) is 11.5. The number of nitro benzene ring substituents is 1. The maximum atomic E-state index is 12.8. The summed E-state index contributed by atoms with van der Waals surface area (Å²) >= 11 is 0. The maximum Gasteiger partial charge on any atom is 0.357 e. The predicted molar refractivity (Wildman–Crippen MR) is 96.8 cm³/mol. The maximum absolute atomic E-state index is 12.8. The van der Waals surface area contributed by atoms with Crippen LogP contribution in [0.15, 0.2) is 24.3 Å². The van der Waals surface area contributed by atoms with Gasteiger partial charge in [-0.3, -0.25) is 24.8 Å². The van der Waals surface area contributed by atoms with Gasteiger partial charge < -0.3 is 9.47 Å². The number of esters is 2. The number of nitro groups is 1. The minimum Gasteiger partial charge on any atom is -0.465 e. The molecule has 0 fully saturated rings. The minimum absolute atomic E-state index is 0.0922. The Morgan fingerprint density at radius 1 is 1.29 bits per heavy atom. The summed E-state index contributed by atoms with van der Waals surface area (Å²) < 4.78 is 9.83. The molecule has 1 aromatic heterocycles. The average molecular weight is 389 g/mol. The van der Waals surface area contributed by atoms with Crippen LogP contribution in [0.1, 0.15) is 41.7 Å². The van der Waals surface area contributed by atoms with E-state index >= 15 is 0 Å². The first-order valence-corrected chi connectivity index (χ1v) is 8.44. The first-order valence-electron chi connectivity index (χ1n) is 8.44. The molecule has 1 aromatic carbocycles. The Kier molecular flexibility index (Phi) is 6.59. The number of ketones is 1. The van der Waals surface area contributed by atoms with Crippen LogP contribution in [0.5, 0.6) is 0 Å². The van der Waals surface area contributed by atoms with E-state index < -0.39 is 28.6 Å². The van der Waals surface area contributed by atoms with Gasteiger partial charge in [0.15, 0.2) is 11.5 Å². The number of rotatable bonds is 8. The zero-order valence-corrected chi connectivity index (χ0v) is 15.6.